The van der Waals surface area contributed by atoms with Crippen molar-refractivity contribution in [1.82, 2.24) is 0 Å². The quantitative estimate of drug-likeness (QED) is 0.230. The molecule has 2 nitrogen and oxygen atoms in total. The van der Waals surface area contributed by atoms with Gasteiger partial charge in [0.2, 0.25) is 0 Å². The molecule has 1 aliphatic carbocycles. The number of allylic oxidation sites excluding steroid dienone is 1. The van der Waals surface area contributed by atoms with Gasteiger partial charge in [-0.2, -0.15) is 5.26 Å². The molecule has 192 valence electrons. The number of anilines is 1. The van der Waals surface area contributed by atoms with Gasteiger partial charge in [0.25, 0.3) is 0 Å². The molecule has 0 amide bonds. The highest BCUT2D eigenvalue weighted by Crippen LogP contribution is 2.39. The Balaban J connectivity index is 0.000000179. The van der Waals surface area contributed by atoms with Crippen LogP contribution in [0, 0.1) is 11.3 Å². The van der Waals surface area contributed by atoms with Crippen LogP contribution in [0.1, 0.15) is 55.9 Å². The second kappa shape index (κ2) is 10.1. The minimum atomic E-state index is 0.0818. The van der Waals surface area contributed by atoms with E-state index in [2.05, 4.69) is 111 Å². The zero-order valence-electron chi connectivity index (χ0n) is 23.0. The van der Waals surface area contributed by atoms with Crippen molar-refractivity contribution in [2.45, 2.75) is 52.0 Å². The Morgan fingerprint density at radius 3 is 2.31 bits per heavy atom. The van der Waals surface area contributed by atoms with E-state index in [0.717, 1.165) is 5.56 Å². The lowest BCUT2D eigenvalue weighted by Crippen LogP contribution is -2.31. The molecule has 0 bridgehead atoms. The summed E-state index contributed by atoms with van der Waals surface area (Å²) in [5.74, 6) is 0. The first kappa shape index (κ1) is 25.0. The summed E-state index contributed by atoms with van der Waals surface area (Å²) in [6.07, 6.45) is 7.21. The summed E-state index contributed by atoms with van der Waals surface area (Å²) in [5, 5.41) is 18.1. The van der Waals surface area contributed by atoms with Crippen LogP contribution in [0.5, 0.6) is 0 Å². The average Bonchev–Trinajstić information content (AvgIpc) is 2.96. The molecule has 5 aromatic rings. The zero-order chi connectivity index (χ0) is 27.0. The van der Waals surface area contributed by atoms with Crippen LogP contribution >= 0.6 is 0 Å². The van der Waals surface area contributed by atoms with Crippen molar-refractivity contribution in [2.24, 2.45) is 0 Å². The average molecular weight is 507 g/mol. The van der Waals surface area contributed by atoms with Gasteiger partial charge in [0, 0.05) is 11.3 Å². The maximum absolute atomic E-state index is 9.30. The van der Waals surface area contributed by atoms with Crippen LogP contribution < -0.4 is 5.32 Å². The van der Waals surface area contributed by atoms with E-state index in [9.17, 15) is 5.26 Å². The number of hydrogen-bond acceptors (Lipinski definition) is 2. The number of para-hydroxylation sites is 1. The number of benzene rings is 5. The van der Waals surface area contributed by atoms with E-state index < -0.39 is 0 Å². The highest BCUT2D eigenvalue weighted by Gasteiger charge is 2.21. The normalized spacial score (nSPS) is 15.2. The van der Waals surface area contributed by atoms with Gasteiger partial charge >= 0.3 is 0 Å². The van der Waals surface area contributed by atoms with Crippen LogP contribution in [-0.2, 0) is 12.8 Å². The third-order valence-corrected chi connectivity index (χ3v) is 8.06. The molecule has 0 saturated carbocycles. The van der Waals surface area contributed by atoms with Crippen molar-refractivity contribution in [3.8, 4) is 17.2 Å². The molecule has 0 unspecified atom stereocenters. The molecule has 39 heavy (non-hydrogen) atoms. The highest BCUT2D eigenvalue weighted by atomic mass is 15.0. The van der Waals surface area contributed by atoms with Crippen molar-refractivity contribution in [3.05, 3.63) is 119 Å². The Morgan fingerprint density at radius 1 is 0.718 bits per heavy atom. The second-order valence-electron chi connectivity index (χ2n) is 11.4. The third-order valence-electron chi connectivity index (χ3n) is 8.06. The van der Waals surface area contributed by atoms with E-state index in [-0.39, 0.29) is 5.54 Å². The molecule has 0 aromatic heterocycles. The van der Waals surface area contributed by atoms with Crippen molar-refractivity contribution >= 4 is 32.8 Å². The number of rotatable bonds is 1. The number of nitrogens with one attached hydrogen (secondary N) is 1. The molecular weight excluding hydrogens is 472 g/mol. The summed E-state index contributed by atoms with van der Waals surface area (Å²) in [4.78, 5) is 0. The maximum atomic E-state index is 9.30. The zero-order valence-corrected chi connectivity index (χ0v) is 23.0. The Morgan fingerprint density at radius 2 is 1.46 bits per heavy atom. The summed E-state index contributed by atoms with van der Waals surface area (Å²) in [7, 11) is 0. The molecule has 1 heterocycles. The van der Waals surface area contributed by atoms with Gasteiger partial charge in [0.1, 0.15) is 0 Å². The van der Waals surface area contributed by atoms with Gasteiger partial charge in [-0.15, -0.1) is 0 Å². The topological polar surface area (TPSA) is 35.8 Å². The van der Waals surface area contributed by atoms with Gasteiger partial charge in [-0.1, -0.05) is 72.8 Å². The molecule has 0 fully saturated rings. The maximum Gasteiger partial charge on any atom is 0.0991 e. The molecule has 1 aliphatic heterocycles. The predicted octanol–water partition coefficient (Wildman–Crippen LogP) is 9.70. The molecule has 5 aromatic carbocycles. The van der Waals surface area contributed by atoms with Crippen molar-refractivity contribution in [3.63, 3.8) is 0 Å². The Kier molecular flexibility index (Phi) is 6.45. The minimum Gasteiger partial charge on any atom is -0.376 e. The van der Waals surface area contributed by atoms with E-state index in [1.165, 1.54) is 80.7 Å². The number of nitriles is 1. The fourth-order valence-electron chi connectivity index (χ4n) is 6.36. The van der Waals surface area contributed by atoms with Crippen molar-refractivity contribution in [1.29, 1.82) is 5.26 Å². The summed E-state index contributed by atoms with van der Waals surface area (Å²) in [6.45, 7) is 6.54. The van der Waals surface area contributed by atoms with Crippen LogP contribution in [0.25, 0.3) is 38.2 Å². The number of fused-ring (bicyclic) bond motifs is 6. The lowest BCUT2D eigenvalue weighted by molar-refractivity contribution is 0.690. The second-order valence-corrected chi connectivity index (χ2v) is 11.4. The molecule has 0 saturated heterocycles. The van der Waals surface area contributed by atoms with Crippen LogP contribution in [0.4, 0.5) is 5.69 Å². The fraction of sp³-hybridized carbons (Fsp3) is 0.216. The molecule has 0 radical (unpaired) electrons. The first-order valence-corrected chi connectivity index (χ1v) is 14.0. The standard InChI is InChI=1S/C25H19N.C12H15N/c26-16-17-6-5-8-19(14-17)24-15-25-20-9-2-1-7-18(20)12-13-23(25)21-10-3-4-11-22(21)24;1-9-8-12(2,3)13-11-7-5-4-6-10(9)11/h3-6,8,10-15H,1-2,7,9H2;4-8,13H,1-3H3. The molecule has 0 atom stereocenters. The van der Waals surface area contributed by atoms with Crippen LogP contribution in [-0.4, -0.2) is 5.54 Å². The summed E-state index contributed by atoms with van der Waals surface area (Å²) in [6, 6.07) is 34.3. The van der Waals surface area contributed by atoms with Gasteiger partial charge < -0.3 is 5.32 Å². The van der Waals surface area contributed by atoms with Gasteiger partial charge in [-0.3, -0.25) is 0 Å². The monoisotopic (exact) mass is 506 g/mol. The smallest absolute Gasteiger partial charge is 0.0991 e. The third kappa shape index (κ3) is 4.82. The van der Waals surface area contributed by atoms with Crippen LogP contribution in [0.2, 0.25) is 0 Å². The Labute approximate surface area is 231 Å². The SMILES string of the molecule is CC1=CC(C)(C)Nc2ccccc21.N#Cc1cccc(-c2cc3c4c(ccc3c3ccccc23)CCCC4)c1. The highest BCUT2D eigenvalue weighted by molar-refractivity contribution is 6.14. The summed E-state index contributed by atoms with van der Waals surface area (Å²) >= 11 is 0. The first-order valence-electron chi connectivity index (χ1n) is 14.0. The van der Waals surface area contributed by atoms with E-state index >= 15 is 0 Å². The van der Waals surface area contributed by atoms with E-state index in [0.29, 0.717) is 5.56 Å². The first-order chi connectivity index (χ1) is 18.9. The molecule has 1 N–H and O–H groups in total. The summed E-state index contributed by atoms with van der Waals surface area (Å²) < 4.78 is 0. The number of hydrogen-bond donors (Lipinski definition) is 1. The number of aryl methyl sites for hydroxylation is 2. The number of nitrogens with zero attached hydrogens (tertiary/aromatic N) is 1. The molecule has 7 rings (SSSR count). The van der Waals surface area contributed by atoms with E-state index in [1.54, 1.807) is 0 Å². The Bertz CT molecular complexity index is 1780. The fourth-order valence-corrected chi connectivity index (χ4v) is 6.36. The molecule has 0 spiro atoms. The lowest BCUT2D eigenvalue weighted by Gasteiger charge is -2.31. The van der Waals surface area contributed by atoms with Gasteiger partial charge in [-0.25, -0.2) is 0 Å². The molecule has 2 aliphatic rings. The molecule has 2 heteroatoms. The Hall–Kier alpha value is -4.35. The van der Waals surface area contributed by atoms with Gasteiger partial charge in [0.15, 0.2) is 0 Å². The predicted molar refractivity (Wildman–Crippen MR) is 166 cm³/mol. The molecular formula is C37H34N2. The minimum absolute atomic E-state index is 0.0818. The van der Waals surface area contributed by atoms with E-state index in [4.69, 9.17) is 0 Å². The van der Waals surface area contributed by atoms with Gasteiger partial charge in [0.05, 0.1) is 17.2 Å². The van der Waals surface area contributed by atoms with Gasteiger partial charge in [-0.05, 0) is 120 Å². The van der Waals surface area contributed by atoms with Crippen LogP contribution in [0.3, 0.4) is 0 Å². The van der Waals surface area contributed by atoms with Crippen molar-refractivity contribution < 1.29 is 0 Å². The van der Waals surface area contributed by atoms with Crippen LogP contribution in [0.15, 0.2) is 97.1 Å². The lowest BCUT2D eigenvalue weighted by atomic mass is 9.84. The van der Waals surface area contributed by atoms with Crippen molar-refractivity contribution in [2.75, 3.05) is 5.32 Å². The largest absolute Gasteiger partial charge is 0.376 e. The van der Waals surface area contributed by atoms with E-state index in [1.807, 2.05) is 18.2 Å². The summed E-state index contributed by atoms with van der Waals surface area (Å²) in [5.41, 5.74) is 10.1.